The molecular weight excluding hydrogens is 365 g/mol. The van der Waals surface area contributed by atoms with Crippen molar-refractivity contribution in [2.45, 2.75) is 13.5 Å². The Morgan fingerprint density at radius 2 is 1.78 bits per heavy atom. The summed E-state index contributed by atoms with van der Waals surface area (Å²) >= 11 is 6.06. The first-order valence-corrected chi connectivity index (χ1v) is 9.63. The molecule has 1 saturated heterocycles. The highest BCUT2D eigenvalue weighted by Gasteiger charge is 2.18. The second-order valence-electron chi connectivity index (χ2n) is 6.83. The van der Waals surface area contributed by atoms with Gasteiger partial charge in [0.15, 0.2) is 0 Å². The molecule has 0 bridgehead atoms. The standard InChI is InChI=1S/C21H25ClFN3O/c1-3-25-11-13-26(14-12-25)17-9-7-16(8-10-17)21(27)24(2)15-18-19(22)5-4-6-20(18)23/h4-10H,3,11-15H2,1-2H3. The van der Waals surface area contributed by atoms with Gasteiger partial charge in [-0.1, -0.05) is 24.6 Å². The summed E-state index contributed by atoms with van der Waals surface area (Å²) in [4.78, 5) is 18.9. The molecule has 0 radical (unpaired) electrons. The predicted molar refractivity (Wildman–Crippen MR) is 108 cm³/mol. The highest BCUT2D eigenvalue weighted by molar-refractivity contribution is 6.31. The summed E-state index contributed by atoms with van der Waals surface area (Å²) < 4.78 is 14.0. The van der Waals surface area contributed by atoms with Gasteiger partial charge in [-0.25, -0.2) is 4.39 Å². The number of hydrogen-bond acceptors (Lipinski definition) is 3. The average molecular weight is 390 g/mol. The first-order chi connectivity index (χ1) is 13.0. The Bertz CT molecular complexity index is 768. The van der Waals surface area contributed by atoms with Crippen LogP contribution in [0.1, 0.15) is 22.8 Å². The molecule has 1 aliphatic rings. The topological polar surface area (TPSA) is 26.8 Å². The van der Waals surface area contributed by atoms with Gasteiger partial charge in [-0.05, 0) is 42.9 Å². The van der Waals surface area contributed by atoms with Crippen molar-refractivity contribution >= 4 is 23.2 Å². The van der Waals surface area contributed by atoms with E-state index < -0.39 is 5.82 Å². The number of carbonyl (C=O) groups is 1. The van der Waals surface area contributed by atoms with Crippen molar-refractivity contribution in [3.05, 3.63) is 64.4 Å². The molecule has 1 fully saturated rings. The Labute approximate surface area is 165 Å². The molecule has 0 aromatic heterocycles. The second-order valence-corrected chi connectivity index (χ2v) is 7.24. The third-order valence-electron chi connectivity index (χ3n) is 5.10. The van der Waals surface area contributed by atoms with Gasteiger partial charge in [0.05, 0.1) is 0 Å². The molecule has 1 heterocycles. The first-order valence-electron chi connectivity index (χ1n) is 9.25. The third-order valence-corrected chi connectivity index (χ3v) is 5.46. The van der Waals surface area contributed by atoms with Crippen molar-refractivity contribution in [1.82, 2.24) is 9.80 Å². The highest BCUT2D eigenvalue weighted by Crippen LogP contribution is 2.22. The molecule has 6 heteroatoms. The predicted octanol–water partition coefficient (Wildman–Crippen LogP) is 3.89. The molecule has 3 rings (SSSR count). The van der Waals surface area contributed by atoms with Crippen molar-refractivity contribution in [2.75, 3.05) is 44.7 Å². The van der Waals surface area contributed by atoms with E-state index in [9.17, 15) is 9.18 Å². The maximum atomic E-state index is 14.0. The quantitative estimate of drug-likeness (QED) is 0.776. The van der Waals surface area contributed by atoms with Gasteiger partial charge in [-0.15, -0.1) is 0 Å². The number of amides is 1. The van der Waals surface area contributed by atoms with Gasteiger partial charge in [-0.2, -0.15) is 0 Å². The van der Waals surface area contributed by atoms with E-state index in [1.807, 2.05) is 24.3 Å². The van der Waals surface area contributed by atoms with Crippen molar-refractivity contribution in [3.63, 3.8) is 0 Å². The summed E-state index contributed by atoms with van der Waals surface area (Å²) in [6.07, 6.45) is 0. The first kappa shape index (κ1) is 19.6. The second kappa shape index (κ2) is 8.72. The summed E-state index contributed by atoms with van der Waals surface area (Å²) in [6.45, 7) is 7.50. The number of carbonyl (C=O) groups excluding carboxylic acids is 1. The Morgan fingerprint density at radius 3 is 2.37 bits per heavy atom. The normalized spacial score (nSPS) is 15.0. The van der Waals surface area contributed by atoms with E-state index in [0.717, 1.165) is 38.4 Å². The van der Waals surface area contributed by atoms with Crippen LogP contribution in [0.4, 0.5) is 10.1 Å². The number of halogens is 2. The van der Waals surface area contributed by atoms with Crippen molar-refractivity contribution < 1.29 is 9.18 Å². The van der Waals surface area contributed by atoms with E-state index >= 15 is 0 Å². The Morgan fingerprint density at radius 1 is 1.11 bits per heavy atom. The van der Waals surface area contributed by atoms with Crippen LogP contribution in [0.2, 0.25) is 5.02 Å². The van der Waals surface area contributed by atoms with Crippen LogP contribution >= 0.6 is 11.6 Å². The number of rotatable bonds is 5. The summed E-state index contributed by atoms with van der Waals surface area (Å²) in [5.74, 6) is -0.555. The lowest BCUT2D eigenvalue weighted by atomic mass is 10.1. The molecule has 144 valence electrons. The number of hydrogen-bond donors (Lipinski definition) is 0. The van der Waals surface area contributed by atoms with Crippen LogP contribution in [0.3, 0.4) is 0 Å². The fraction of sp³-hybridized carbons (Fsp3) is 0.381. The van der Waals surface area contributed by atoms with E-state index in [-0.39, 0.29) is 12.5 Å². The fourth-order valence-corrected chi connectivity index (χ4v) is 3.57. The number of anilines is 1. The van der Waals surface area contributed by atoms with E-state index in [1.165, 1.54) is 11.0 Å². The molecule has 0 N–H and O–H groups in total. The zero-order valence-corrected chi connectivity index (χ0v) is 16.5. The van der Waals surface area contributed by atoms with Crippen LogP contribution in [0, 0.1) is 5.82 Å². The van der Waals surface area contributed by atoms with E-state index in [2.05, 4.69) is 16.7 Å². The van der Waals surface area contributed by atoms with Crippen molar-refractivity contribution in [3.8, 4) is 0 Å². The minimum Gasteiger partial charge on any atom is -0.369 e. The van der Waals surface area contributed by atoms with Crippen LogP contribution in [-0.4, -0.2) is 55.5 Å². The smallest absolute Gasteiger partial charge is 0.253 e. The minimum atomic E-state index is -0.399. The Balaban J connectivity index is 1.65. The Kier molecular flexibility index (Phi) is 6.34. The minimum absolute atomic E-state index is 0.130. The van der Waals surface area contributed by atoms with E-state index in [0.29, 0.717) is 16.1 Å². The van der Waals surface area contributed by atoms with Crippen LogP contribution in [-0.2, 0) is 6.54 Å². The fourth-order valence-electron chi connectivity index (χ4n) is 3.35. The molecule has 4 nitrogen and oxygen atoms in total. The summed E-state index contributed by atoms with van der Waals surface area (Å²) in [6, 6.07) is 12.2. The molecular formula is C21H25ClFN3O. The van der Waals surface area contributed by atoms with E-state index in [1.54, 1.807) is 19.2 Å². The third kappa shape index (κ3) is 4.60. The van der Waals surface area contributed by atoms with E-state index in [4.69, 9.17) is 11.6 Å². The number of likely N-dealkylation sites (N-methyl/N-ethyl adjacent to an activating group) is 1. The molecule has 1 amide bonds. The molecule has 0 saturated carbocycles. The van der Waals surface area contributed by atoms with Gasteiger partial charge in [-0.3, -0.25) is 4.79 Å². The maximum absolute atomic E-state index is 14.0. The van der Waals surface area contributed by atoms with Gasteiger partial charge in [0.25, 0.3) is 5.91 Å². The largest absolute Gasteiger partial charge is 0.369 e. The average Bonchev–Trinajstić information content (AvgIpc) is 2.70. The molecule has 27 heavy (non-hydrogen) atoms. The number of nitrogens with zero attached hydrogens (tertiary/aromatic N) is 3. The Hall–Kier alpha value is -2.11. The lowest BCUT2D eigenvalue weighted by Crippen LogP contribution is -2.46. The molecule has 0 unspecified atom stereocenters. The lowest BCUT2D eigenvalue weighted by molar-refractivity contribution is 0.0784. The van der Waals surface area contributed by atoms with Crippen molar-refractivity contribution in [1.29, 1.82) is 0 Å². The number of benzene rings is 2. The summed E-state index contributed by atoms with van der Waals surface area (Å²) in [5.41, 5.74) is 2.04. The zero-order valence-electron chi connectivity index (χ0n) is 15.8. The van der Waals surface area contributed by atoms with Crippen LogP contribution in [0.15, 0.2) is 42.5 Å². The van der Waals surface area contributed by atoms with Crippen LogP contribution < -0.4 is 4.90 Å². The molecule has 0 atom stereocenters. The van der Waals surface area contributed by atoms with Crippen LogP contribution in [0.5, 0.6) is 0 Å². The highest BCUT2D eigenvalue weighted by atomic mass is 35.5. The maximum Gasteiger partial charge on any atom is 0.253 e. The molecule has 2 aromatic rings. The molecule has 0 spiro atoms. The molecule has 0 aliphatic carbocycles. The van der Waals surface area contributed by atoms with Gasteiger partial charge in [0, 0.05) is 61.6 Å². The summed E-state index contributed by atoms with van der Waals surface area (Å²) in [5, 5.41) is 0.330. The zero-order chi connectivity index (χ0) is 19.4. The molecule has 1 aliphatic heterocycles. The lowest BCUT2D eigenvalue weighted by Gasteiger charge is -2.35. The van der Waals surface area contributed by atoms with Crippen molar-refractivity contribution in [2.24, 2.45) is 0 Å². The van der Waals surface area contributed by atoms with Gasteiger partial charge in [0.1, 0.15) is 5.82 Å². The monoisotopic (exact) mass is 389 g/mol. The summed E-state index contributed by atoms with van der Waals surface area (Å²) in [7, 11) is 1.66. The SMILES string of the molecule is CCN1CCN(c2ccc(C(=O)N(C)Cc3c(F)cccc3Cl)cc2)CC1. The van der Waals surface area contributed by atoms with Crippen LogP contribution in [0.25, 0.3) is 0 Å². The van der Waals surface area contributed by atoms with Gasteiger partial charge >= 0.3 is 0 Å². The molecule has 2 aromatic carbocycles. The number of piperazine rings is 1. The van der Waals surface area contributed by atoms with Gasteiger partial charge < -0.3 is 14.7 Å². The van der Waals surface area contributed by atoms with Gasteiger partial charge in [0.2, 0.25) is 0 Å².